The average molecular weight is 405 g/mol. The normalized spacial score (nSPS) is 14.1. The molecule has 0 N–H and O–H groups in total. The van der Waals surface area contributed by atoms with E-state index in [1.165, 1.54) is 0 Å². The lowest BCUT2D eigenvalue weighted by atomic mass is 10.1. The van der Waals surface area contributed by atoms with Gasteiger partial charge in [0.25, 0.3) is 0 Å². The number of carbonyl (C=O) groups is 1. The van der Waals surface area contributed by atoms with Crippen LogP contribution in [0.25, 0.3) is 0 Å². The minimum atomic E-state index is -4.11. The Morgan fingerprint density at radius 2 is 1.79 bits per heavy atom. The summed E-state index contributed by atoms with van der Waals surface area (Å²) in [4.78, 5) is 14.2. The van der Waals surface area contributed by atoms with Gasteiger partial charge in [0.2, 0.25) is 5.91 Å². The van der Waals surface area contributed by atoms with Crippen molar-refractivity contribution >= 4 is 16.0 Å². The zero-order valence-electron chi connectivity index (χ0n) is 16.0. The number of halogens is 1. The highest BCUT2D eigenvalue weighted by Crippen LogP contribution is 2.32. The van der Waals surface area contributed by atoms with Crippen LogP contribution in [0, 0.1) is 17.7 Å². The van der Waals surface area contributed by atoms with Gasteiger partial charge in [-0.3, -0.25) is 4.79 Å². The SMILES string of the molecule is CC(C)C(=O)N(Cc1ccccc1OS(=O)(=O)c1ccc(F)cc1)CC1CC1. The summed E-state index contributed by atoms with van der Waals surface area (Å²) in [5, 5.41) is 0. The van der Waals surface area contributed by atoms with E-state index in [-0.39, 0.29) is 29.0 Å². The Labute approximate surface area is 165 Å². The first-order valence-corrected chi connectivity index (χ1v) is 10.7. The molecule has 7 heteroatoms. The van der Waals surface area contributed by atoms with Crippen LogP contribution < -0.4 is 4.18 Å². The molecule has 0 spiro atoms. The van der Waals surface area contributed by atoms with Crippen LogP contribution in [0.5, 0.6) is 5.75 Å². The Kier molecular flexibility index (Phi) is 6.03. The number of hydrogen-bond acceptors (Lipinski definition) is 4. The lowest BCUT2D eigenvalue weighted by Gasteiger charge is -2.25. The Bertz CT molecular complexity index is 937. The van der Waals surface area contributed by atoms with E-state index in [0.717, 1.165) is 37.1 Å². The maximum absolute atomic E-state index is 13.1. The van der Waals surface area contributed by atoms with Gasteiger partial charge >= 0.3 is 10.1 Å². The number of para-hydroxylation sites is 1. The van der Waals surface area contributed by atoms with Crippen molar-refractivity contribution < 1.29 is 21.8 Å². The van der Waals surface area contributed by atoms with Crippen molar-refractivity contribution in [3.05, 3.63) is 59.9 Å². The Morgan fingerprint density at radius 3 is 2.39 bits per heavy atom. The number of nitrogens with zero attached hydrogens (tertiary/aromatic N) is 1. The molecule has 1 aliphatic carbocycles. The fraction of sp³-hybridized carbons (Fsp3) is 0.381. The predicted octanol–water partition coefficient (Wildman–Crippen LogP) is 3.99. The van der Waals surface area contributed by atoms with Crippen LogP contribution in [-0.2, 0) is 21.5 Å². The predicted molar refractivity (Wildman–Crippen MR) is 104 cm³/mol. The third kappa shape index (κ3) is 5.10. The van der Waals surface area contributed by atoms with Gasteiger partial charge in [-0.05, 0) is 49.1 Å². The third-order valence-electron chi connectivity index (χ3n) is 4.62. The smallest absolute Gasteiger partial charge is 0.339 e. The van der Waals surface area contributed by atoms with Gasteiger partial charge in [0, 0.05) is 24.6 Å². The van der Waals surface area contributed by atoms with E-state index < -0.39 is 15.9 Å². The number of carbonyl (C=O) groups excluding carboxylic acids is 1. The lowest BCUT2D eigenvalue weighted by molar-refractivity contribution is -0.135. The third-order valence-corrected chi connectivity index (χ3v) is 5.87. The van der Waals surface area contributed by atoms with Gasteiger partial charge < -0.3 is 9.08 Å². The summed E-state index contributed by atoms with van der Waals surface area (Å²) in [6.45, 7) is 4.64. The van der Waals surface area contributed by atoms with Crippen LogP contribution in [0.4, 0.5) is 4.39 Å². The lowest BCUT2D eigenvalue weighted by Crippen LogP contribution is -2.35. The van der Waals surface area contributed by atoms with E-state index in [9.17, 15) is 17.6 Å². The highest BCUT2D eigenvalue weighted by atomic mass is 32.2. The second-order valence-corrected chi connectivity index (χ2v) is 8.96. The maximum atomic E-state index is 13.1. The summed E-state index contributed by atoms with van der Waals surface area (Å²) in [5.74, 6) is 0.0445. The summed E-state index contributed by atoms with van der Waals surface area (Å²) in [7, 11) is -4.11. The van der Waals surface area contributed by atoms with Crippen molar-refractivity contribution in [2.24, 2.45) is 11.8 Å². The van der Waals surface area contributed by atoms with Crippen molar-refractivity contribution in [1.82, 2.24) is 4.90 Å². The van der Waals surface area contributed by atoms with Crippen LogP contribution in [0.3, 0.4) is 0 Å². The highest BCUT2D eigenvalue weighted by molar-refractivity contribution is 7.87. The number of amides is 1. The summed E-state index contributed by atoms with van der Waals surface area (Å²) < 4.78 is 43.5. The van der Waals surface area contributed by atoms with Crippen molar-refractivity contribution in [2.45, 2.75) is 38.1 Å². The second-order valence-electron chi connectivity index (χ2n) is 7.42. The van der Waals surface area contributed by atoms with E-state index in [0.29, 0.717) is 18.0 Å². The molecule has 2 aromatic carbocycles. The fourth-order valence-corrected chi connectivity index (χ4v) is 3.86. The van der Waals surface area contributed by atoms with E-state index >= 15 is 0 Å². The molecular weight excluding hydrogens is 381 g/mol. The molecular formula is C21H24FNO4S. The summed E-state index contributed by atoms with van der Waals surface area (Å²) in [5.41, 5.74) is 0.614. The minimum Gasteiger partial charge on any atom is -0.379 e. The molecule has 0 atom stereocenters. The first kappa shape index (κ1) is 20.3. The number of benzene rings is 2. The Morgan fingerprint density at radius 1 is 1.14 bits per heavy atom. The quantitative estimate of drug-likeness (QED) is 0.623. The van der Waals surface area contributed by atoms with Gasteiger partial charge in [-0.2, -0.15) is 8.42 Å². The van der Waals surface area contributed by atoms with Gasteiger partial charge in [0.1, 0.15) is 16.5 Å². The van der Waals surface area contributed by atoms with Crippen LogP contribution in [-0.4, -0.2) is 25.8 Å². The monoisotopic (exact) mass is 405 g/mol. The minimum absolute atomic E-state index is 0.0306. The van der Waals surface area contributed by atoms with Gasteiger partial charge in [0.15, 0.2) is 0 Å². The molecule has 1 aliphatic rings. The fourth-order valence-electron chi connectivity index (χ4n) is 2.90. The molecule has 0 aliphatic heterocycles. The van der Waals surface area contributed by atoms with Crippen LogP contribution in [0.1, 0.15) is 32.3 Å². The molecule has 0 bridgehead atoms. The van der Waals surface area contributed by atoms with E-state index in [1.807, 2.05) is 13.8 Å². The first-order valence-electron chi connectivity index (χ1n) is 9.33. The first-order chi connectivity index (χ1) is 13.3. The van der Waals surface area contributed by atoms with Crippen LogP contribution >= 0.6 is 0 Å². The van der Waals surface area contributed by atoms with E-state index in [1.54, 1.807) is 29.2 Å². The maximum Gasteiger partial charge on any atom is 0.339 e. The molecule has 2 aromatic rings. The molecule has 3 rings (SSSR count). The van der Waals surface area contributed by atoms with Gasteiger partial charge in [-0.25, -0.2) is 4.39 Å². The summed E-state index contributed by atoms with van der Waals surface area (Å²) in [6.07, 6.45) is 2.22. The molecule has 0 saturated heterocycles. The average Bonchev–Trinajstić information content (AvgIpc) is 3.46. The molecule has 0 radical (unpaired) electrons. The molecule has 1 fully saturated rings. The molecule has 1 saturated carbocycles. The number of hydrogen-bond donors (Lipinski definition) is 0. The van der Waals surface area contributed by atoms with Crippen molar-refractivity contribution in [3.8, 4) is 5.75 Å². The summed E-state index contributed by atoms with van der Waals surface area (Å²) in [6, 6.07) is 11.2. The van der Waals surface area contributed by atoms with Crippen molar-refractivity contribution in [2.75, 3.05) is 6.54 Å². The Hall–Kier alpha value is -2.41. The summed E-state index contributed by atoms with van der Waals surface area (Å²) >= 11 is 0. The zero-order valence-corrected chi connectivity index (χ0v) is 16.8. The zero-order chi connectivity index (χ0) is 20.3. The topological polar surface area (TPSA) is 63.7 Å². The van der Waals surface area contributed by atoms with Crippen molar-refractivity contribution in [3.63, 3.8) is 0 Å². The van der Waals surface area contributed by atoms with E-state index in [2.05, 4.69) is 0 Å². The molecule has 1 amide bonds. The number of rotatable bonds is 8. The molecule has 28 heavy (non-hydrogen) atoms. The molecule has 0 unspecified atom stereocenters. The highest BCUT2D eigenvalue weighted by Gasteiger charge is 2.29. The van der Waals surface area contributed by atoms with E-state index in [4.69, 9.17) is 4.18 Å². The molecule has 0 aromatic heterocycles. The van der Waals surface area contributed by atoms with Crippen molar-refractivity contribution in [1.29, 1.82) is 0 Å². The second kappa shape index (κ2) is 8.31. The molecule has 0 heterocycles. The van der Waals surface area contributed by atoms with Crippen LogP contribution in [0.2, 0.25) is 0 Å². The largest absolute Gasteiger partial charge is 0.379 e. The molecule has 150 valence electrons. The standard InChI is InChI=1S/C21H24FNO4S/c1-15(2)21(24)23(13-16-7-8-16)14-17-5-3-4-6-20(17)27-28(25,26)19-11-9-18(22)10-12-19/h3-6,9-12,15-16H,7-8,13-14H2,1-2H3. The van der Waals surface area contributed by atoms with Gasteiger partial charge in [0.05, 0.1) is 0 Å². The Balaban J connectivity index is 1.83. The molecule has 5 nitrogen and oxygen atoms in total. The van der Waals surface area contributed by atoms with Gasteiger partial charge in [-0.1, -0.05) is 32.0 Å². The van der Waals surface area contributed by atoms with Gasteiger partial charge in [-0.15, -0.1) is 0 Å². The van der Waals surface area contributed by atoms with Crippen LogP contribution in [0.15, 0.2) is 53.4 Å².